The van der Waals surface area contributed by atoms with E-state index in [1.54, 1.807) is 4.68 Å². The smallest absolute Gasteiger partial charge is 0.339 e. The third-order valence-corrected chi connectivity index (χ3v) is 5.36. The zero-order valence-corrected chi connectivity index (χ0v) is 17.9. The standard InChI is InChI=1S/C21H23F3N6O2/c1-20(2,3)30-16-15(12-25-30)17(31)27-19(26-16)29-9-7-28(8-10-29)18(32)13-5-4-6-14(11-13)21(22,23)24/h4-6,11-12H,7-10H2,1-3H3,(H,26,27,31). The number of anilines is 1. The summed E-state index contributed by atoms with van der Waals surface area (Å²) < 4.78 is 40.6. The molecule has 1 fully saturated rings. The number of nitrogens with one attached hydrogen (secondary N) is 1. The van der Waals surface area contributed by atoms with Crippen LogP contribution in [0.4, 0.5) is 19.1 Å². The van der Waals surface area contributed by atoms with Gasteiger partial charge in [-0.3, -0.25) is 14.6 Å². The third kappa shape index (κ3) is 4.06. The number of amides is 1. The van der Waals surface area contributed by atoms with Gasteiger partial charge in [-0.1, -0.05) is 6.07 Å². The minimum absolute atomic E-state index is 0.00435. The summed E-state index contributed by atoms with van der Waals surface area (Å²) in [7, 11) is 0. The molecule has 0 bridgehead atoms. The van der Waals surface area contributed by atoms with Crippen LogP contribution >= 0.6 is 0 Å². The Hall–Kier alpha value is -3.37. The number of carbonyl (C=O) groups is 1. The molecule has 0 atom stereocenters. The van der Waals surface area contributed by atoms with Crippen LogP contribution in [-0.2, 0) is 11.7 Å². The number of rotatable bonds is 2. The monoisotopic (exact) mass is 448 g/mol. The normalized spacial score (nSPS) is 15.4. The van der Waals surface area contributed by atoms with Gasteiger partial charge in [0, 0.05) is 31.7 Å². The molecule has 32 heavy (non-hydrogen) atoms. The molecule has 3 heterocycles. The maximum atomic E-state index is 13.0. The van der Waals surface area contributed by atoms with Crippen LogP contribution in [0.25, 0.3) is 11.0 Å². The molecule has 8 nitrogen and oxygen atoms in total. The van der Waals surface area contributed by atoms with Gasteiger partial charge in [0.2, 0.25) is 5.95 Å². The van der Waals surface area contributed by atoms with Gasteiger partial charge in [0.05, 0.1) is 17.3 Å². The summed E-state index contributed by atoms with van der Waals surface area (Å²) in [5.74, 6) is -0.0851. The van der Waals surface area contributed by atoms with Crippen molar-refractivity contribution in [3.63, 3.8) is 0 Å². The molecule has 0 radical (unpaired) electrons. The maximum absolute atomic E-state index is 13.0. The van der Waals surface area contributed by atoms with Gasteiger partial charge in [-0.25, -0.2) is 4.68 Å². The second-order valence-electron chi connectivity index (χ2n) is 8.71. The number of hydrogen-bond donors (Lipinski definition) is 1. The number of benzene rings is 1. The van der Waals surface area contributed by atoms with Crippen LogP contribution in [0.1, 0.15) is 36.7 Å². The van der Waals surface area contributed by atoms with Crippen LogP contribution in [0.5, 0.6) is 0 Å². The lowest BCUT2D eigenvalue weighted by Crippen LogP contribution is -2.49. The van der Waals surface area contributed by atoms with Crippen LogP contribution in [-0.4, -0.2) is 56.7 Å². The average Bonchev–Trinajstić information content (AvgIpc) is 3.18. The minimum atomic E-state index is -4.51. The summed E-state index contributed by atoms with van der Waals surface area (Å²) in [5.41, 5.74) is -1.06. The Labute approximate surface area is 181 Å². The highest BCUT2D eigenvalue weighted by Crippen LogP contribution is 2.30. The van der Waals surface area contributed by atoms with Crippen molar-refractivity contribution in [3.8, 4) is 0 Å². The molecule has 3 aromatic rings. The number of aromatic nitrogens is 4. The maximum Gasteiger partial charge on any atom is 0.416 e. The number of fused-ring (bicyclic) bond motifs is 1. The molecule has 0 aliphatic carbocycles. The van der Waals surface area contributed by atoms with Crippen molar-refractivity contribution in [2.24, 2.45) is 0 Å². The fourth-order valence-electron chi connectivity index (χ4n) is 3.68. The fourth-order valence-corrected chi connectivity index (χ4v) is 3.68. The second-order valence-corrected chi connectivity index (χ2v) is 8.71. The van der Waals surface area contributed by atoms with Crippen molar-refractivity contribution >= 4 is 22.9 Å². The van der Waals surface area contributed by atoms with E-state index in [1.165, 1.54) is 23.2 Å². The third-order valence-electron chi connectivity index (χ3n) is 5.36. The minimum Gasteiger partial charge on any atom is -0.339 e. The van der Waals surface area contributed by atoms with E-state index in [4.69, 9.17) is 0 Å². The van der Waals surface area contributed by atoms with Gasteiger partial charge in [0.1, 0.15) is 5.39 Å². The number of hydrogen-bond acceptors (Lipinski definition) is 5. The quantitative estimate of drug-likeness (QED) is 0.652. The summed E-state index contributed by atoms with van der Waals surface area (Å²) in [4.78, 5) is 36.0. The average molecular weight is 448 g/mol. The van der Waals surface area contributed by atoms with Gasteiger partial charge in [0.25, 0.3) is 11.5 Å². The lowest BCUT2D eigenvalue weighted by atomic mass is 10.1. The first-order valence-electron chi connectivity index (χ1n) is 10.1. The number of H-pyrrole nitrogens is 1. The highest BCUT2D eigenvalue weighted by molar-refractivity contribution is 5.94. The Kier molecular flexibility index (Phi) is 5.22. The number of halogens is 3. The summed E-state index contributed by atoms with van der Waals surface area (Å²) in [5, 5.41) is 4.68. The Morgan fingerprint density at radius 1 is 1.09 bits per heavy atom. The largest absolute Gasteiger partial charge is 0.416 e. The van der Waals surface area contributed by atoms with E-state index >= 15 is 0 Å². The molecule has 0 unspecified atom stereocenters. The lowest BCUT2D eigenvalue weighted by molar-refractivity contribution is -0.137. The van der Waals surface area contributed by atoms with Crippen LogP contribution in [0.3, 0.4) is 0 Å². The molecule has 1 aliphatic heterocycles. The van der Waals surface area contributed by atoms with Crippen molar-refractivity contribution in [1.29, 1.82) is 0 Å². The van der Waals surface area contributed by atoms with Gasteiger partial charge in [0.15, 0.2) is 5.65 Å². The fraction of sp³-hybridized carbons (Fsp3) is 0.429. The Bertz CT molecular complexity index is 1220. The number of alkyl halides is 3. The predicted molar refractivity (Wildman–Crippen MR) is 113 cm³/mol. The predicted octanol–water partition coefficient (Wildman–Crippen LogP) is 2.86. The van der Waals surface area contributed by atoms with Gasteiger partial charge >= 0.3 is 6.18 Å². The number of piperazine rings is 1. The molecule has 4 rings (SSSR count). The first-order chi connectivity index (χ1) is 14.9. The summed E-state index contributed by atoms with van der Waals surface area (Å²) in [6, 6.07) is 4.42. The van der Waals surface area contributed by atoms with E-state index in [9.17, 15) is 22.8 Å². The molecular formula is C21H23F3N6O2. The molecule has 170 valence electrons. The van der Waals surface area contributed by atoms with E-state index in [0.29, 0.717) is 30.1 Å². The Balaban J connectivity index is 1.52. The van der Waals surface area contributed by atoms with E-state index in [-0.39, 0.29) is 29.8 Å². The topological polar surface area (TPSA) is 87.1 Å². The van der Waals surface area contributed by atoms with Crippen molar-refractivity contribution in [3.05, 3.63) is 51.9 Å². The van der Waals surface area contributed by atoms with Gasteiger partial charge in [-0.15, -0.1) is 0 Å². The van der Waals surface area contributed by atoms with Gasteiger partial charge in [-0.05, 0) is 39.0 Å². The first kappa shape index (κ1) is 21.8. The van der Waals surface area contributed by atoms with E-state index < -0.39 is 17.6 Å². The van der Waals surface area contributed by atoms with Crippen LogP contribution in [0, 0.1) is 0 Å². The molecule has 1 saturated heterocycles. The van der Waals surface area contributed by atoms with Crippen molar-refractivity contribution in [2.45, 2.75) is 32.5 Å². The number of aromatic amines is 1. The molecular weight excluding hydrogens is 425 g/mol. The molecule has 1 amide bonds. The van der Waals surface area contributed by atoms with E-state index in [2.05, 4.69) is 15.1 Å². The summed E-state index contributed by atoms with van der Waals surface area (Å²) in [6.45, 7) is 7.21. The van der Waals surface area contributed by atoms with Gasteiger partial charge < -0.3 is 9.80 Å². The first-order valence-corrected chi connectivity index (χ1v) is 10.1. The molecule has 0 spiro atoms. The van der Waals surface area contributed by atoms with Crippen molar-refractivity contribution in [1.82, 2.24) is 24.6 Å². The molecule has 1 aliphatic rings. The zero-order chi connectivity index (χ0) is 23.3. The summed E-state index contributed by atoms with van der Waals surface area (Å²) >= 11 is 0. The highest BCUT2D eigenvalue weighted by Gasteiger charge is 2.32. The van der Waals surface area contributed by atoms with Gasteiger partial charge in [-0.2, -0.15) is 23.3 Å². The molecule has 1 N–H and O–H groups in total. The Morgan fingerprint density at radius 2 is 1.78 bits per heavy atom. The molecule has 11 heteroatoms. The van der Waals surface area contributed by atoms with Crippen molar-refractivity contribution < 1.29 is 18.0 Å². The molecule has 1 aromatic carbocycles. The second kappa shape index (κ2) is 7.64. The van der Waals surface area contributed by atoms with Crippen LogP contribution in [0.2, 0.25) is 0 Å². The highest BCUT2D eigenvalue weighted by atomic mass is 19.4. The molecule has 0 saturated carbocycles. The number of nitrogens with zero attached hydrogens (tertiary/aromatic N) is 5. The van der Waals surface area contributed by atoms with Crippen LogP contribution < -0.4 is 10.5 Å². The lowest BCUT2D eigenvalue weighted by Gasteiger charge is -2.35. The van der Waals surface area contributed by atoms with E-state index in [0.717, 1.165) is 12.1 Å². The van der Waals surface area contributed by atoms with E-state index in [1.807, 2.05) is 25.7 Å². The zero-order valence-electron chi connectivity index (χ0n) is 17.9. The SMILES string of the molecule is CC(C)(C)n1ncc2c(=O)[nH]c(N3CCN(C(=O)c4cccc(C(F)(F)F)c4)CC3)nc21. The Morgan fingerprint density at radius 3 is 2.41 bits per heavy atom. The van der Waals surface area contributed by atoms with Crippen molar-refractivity contribution in [2.75, 3.05) is 31.1 Å². The summed E-state index contributed by atoms with van der Waals surface area (Å²) in [6.07, 6.45) is -3.02. The number of carbonyl (C=O) groups excluding carboxylic acids is 1. The molecule has 2 aromatic heterocycles. The van der Waals surface area contributed by atoms with Crippen LogP contribution in [0.15, 0.2) is 35.3 Å².